The average molecular weight is 253 g/mol. The predicted molar refractivity (Wildman–Crippen MR) is 76.8 cm³/mol. The van der Waals surface area contributed by atoms with E-state index in [0.717, 1.165) is 18.5 Å². The van der Waals surface area contributed by atoms with E-state index < -0.39 is 0 Å². The Labute approximate surface area is 113 Å². The molecule has 2 fully saturated rings. The molecule has 2 saturated carbocycles. The van der Waals surface area contributed by atoms with Crippen molar-refractivity contribution in [3.63, 3.8) is 0 Å². The van der Waals surface area contributed by atoms with Crippen molar-refractivity contribution in [1.29, 1.82) is 0 Å². The van der Waals surface area contributed by atoms with E-state index in [-0.39, 0.29) is 0 Å². The van der Waals surface area contributed by atoms with E-state index in [1.165, 1.54) is 57.8 Å². The molecule has 0 saturated heterocycles. The molecule has 18 heavy (non-hydrogen) atoms. The molecule has 1 N–H and O–H groups in total. The number of hydrogen-bond acceptors (Lipinski definition) is 2. The van der Waals surface area contributed by atoms with Gasteiger partial charge in [0.05, 0.1) is 12.2 Å². The van der Waals surface area contributed by atoms with Crippen molar-refractivity contribution in [3.8, 4) is 0 Å². The van der Waals surface area contributed by atoms with Crippen molar-refractivity contribution in [2.45, 2.75) is 89.9 Å². The fourth-order valence-electron chi connectivity index (χ4n) is 3.76. The quantitative estimate of drug-likeness (QED) is 0.802. The molecular weight excluding hydrogens is 222 g/mol. The summed E-state index contributed by atoms with van der Waals surface area (Å²) in [6, 6.07) is 0.753. The van der Waals surface area contributed by atoms with Crippen LogP contribution in [-0.4, -0.2) is 24.8 Å². The molecule has 2 aliphatic rings. The number of ether oxygens (including phenoxy) is 1. The van der Waals surface area contributed by atoms with Crippen LogP contribution in [0, 0.1) is 5.92 Å². The van der Waals surface area contributed by atoms with Crippen molar-refractivity contribution < 1.29 is 4.74 Å². The van der Waals surface area contributed by atoms with Gasteiger partial charge < -0.3 is 10.1 Å². The highest BCUT2D eigenvalue weighted by molar-refractivity contribution is 4.81. The van der Waals surface area contributed by atoms with Gasteiger partial charge in [0.15, 0.2) is 0 Å². The molecule has 2 atom stereocenters. The summed E-state index contributed by atoms with van der Waals surface area (Å²) in [5, 5.41) is 3.57. The van der Waals surface area contributed by atoms with Gasteiger partial charge in [-0.3, -0.25) is 0 Å². The molecule has 2 unspecified atom stereocenters. The van der Waals surface area contributed by atoms with Crippen LogP contribution in [0.1, 0.15) is 71.6 Å². The third-order valence-electron chi connectivity index (χ3n) is 4.90. The molecule has 0 aromatic heterocycles. The second-order valence-electron chi connectivity index (χ2n) is 6.16. The van der Waals surface area contributed by atoms with Crippen LogP contribution in [0.4, 0.5) is 0 Å². The minimum absolute atomic E-state index is 0.553. The van der Waals surface area contributed by atoms with E-state index in [1.54, 1.807) is 0 Å². The summed E-state index contributed by atoms with van der Waals surface area (Å²) in [6.07, 6.45) is 13.1. The van der Waals surface area contributed by atoms with E-state index >= 15 is 0 Å². The van der Waals surface area contributed by atoms with E-state index in [4.69, 9.17) is 4.74 Å². The first-order valence-electron chi connectivity index (χ1n) is 8.22. The monoisotopic (exact) mass is 253 g/mol. The normalized spacial score (nSPS) is 37.7. The summed E-state index contributed by atoms with van der Waals surface area (Å²) in [6.45, 7) is 5.64. The first kappa shape index (κ1) is 14.3. The molecule has 2 nitrogen and oxygen atoms in total. The molecule has 0 spiro atoms. The van der Waals surface area contributed by atoms with Crippen molar-refractivity contribution in [1.82, 2.24) is 5.32 Å². The van der Waals surface area contributed by atoms with E-state index in [0.29, 0.717) is 12.2 Å². The molecular formula is C16H31NO. The van der Waals surface area contributed by atoms with Gasteiger partial charge in [-0.25, -0.2) is 0 Å². The predicted octanol–water partition coefficient (Wildman–Crippen LogP) is 3.89. The van der Waals surface area contributed by atoms with Crippen molar-refractivity contribution in [3.05, 3.63) is 0 Å². The molecule has 0 heterocycles. The minimum Gasteiger partial charge on any atom is -0.375 e. The van der Waals surface area contributed by atoms with Gasteiger partial charge in [0, 0.05) is 6.04 Å². The Balaban J connectivity index is 1.73. The molecule has 0 aromatic carbocycles. The van der Waals surface area contributed by atoms with Gasteiger partial charge in [0.25, 0.3) is 0 Å². The number of nitrogens with one attached hydrogen (secondary N) is 1. The molecule has 0 amide bonds. The van der Waals surface area contributed by atoms with E-state index in [9.17, 15) is 0 Å². The largest absolute Gasteiger partial charge is 0.375 e. The van der Waals surface area contributed by atoms with E-state index in [1.807, 2.05) is 0 Å². The molecule has 0 bridgehead atoms. The van der Waals surface area contributed by atoms with Crippen LogP contribution in [-0.2, 0) is 4.74 Å². The van der Waals surface area contributed by atoms with Crippen LogP contribution in [0.15, 0.2) is 0 Å². The Kier molecular flexibility index (Phi) is 5.97. The van der Waals surface area contributed by atoms with Crippen LogP contribution >= 0.6 is 0 Å². The van der Waals surface area contributed by atoms with Gasteiger partial charge in [-0.2, -0.15) is 0 Å². The van der Waals surface area contributed by atoms with Crippen LogP contribution in [0.25, 0.3) is 0 Å². The maximum Gasteiger partial charge on any atom is 0.0606 e. The average Bonchev–Trinajstić information content (AvgIpc) is 2.42. The van der Waals surface area contributed by atoms with E-state index in [2.05, 4.69) is 19.2 Å². The Morgan fingerprint density at radius 1 is 0.944 bits per heavy atom. The van der Waals surface area contributed by atoms with Gasteiger partial charge in [-0.1, -0.05) is 33.1 Å². The van der Waals surface area contributed by atoms with Crippen molar-refractivity contribution >= 4 is 0 Å². The second kappa shape index (κ2) is 7.49. The molecule has 0 aliphatic heterocycles. The Hall–Kier alpha value is -0.0800. The first-order valence-corrected chi connectivity index (χ1v) is 8.22. The SMILES string of the molecule is CCNC1CCC(OC2CCCCC2CC)CC1. The molecule has 2 rings (SSSR count). The molecule has 106 valence electrons. The highest BCUT2D eigenvalue weighted by Gasteiger charge is 2.29. The van der Waals surface area contributed by atoms with Gasteiger partial charge in [0.2, 0.25) is 0 Å². The zero-order chi connectivity index (χ0) is 12.8. The molecule has 0 radical (unpaired) electrons. The highest BCUT2D eigenvalue weighted by atomic mass is 16.5. The van der Waals surface area contributed by atoms with Crippen LogP contribution in [0.2, 0.25) is 0 Å². The van der Waals surface area contributed by atoms with Gasteiger partial charge >= 0.3 is 0 Å². The summed E-state index contributed by atoms with van der Waals surface area (Å²) in [7, 11) is 0. The topological polar surface area (TPSA) is 21.3 Å². The Morgan fingerprint density at radius 2 is 1.67 bits per heavy atom. The molecule has 2 aliphatic carbocycles. The standard InChI is InChI=1S/C16H31NO/c1-3-13-7-5-6-8-16(13)18-15-11-9-14(10-12-15)17-4-2/h13-17H,3-12H2,1-2H3. The first-order chi connectivity index (χ1) is 8.83. The lowest BCUT2D eigenvalue weighted by Gasteiger charge is -2.36. The van der Waals surface area contributed by atoms with Crippen molar-refractivity contribution in [2.75, 3.05) is 6.54 Å². The smallest absolute Gasteiger partial charge is 0.0606 e. The van der Waals surface area contributed by atoms with Gasteiger partial charge in [0.1, 0.15) is 0 Å². The lowest BCUT2D eigenvalue weighted by atomic mass is 9.84. The summed E-state index contributed by atoms with van der Waals surface area (Å²) in [5.74, 6) is 0.838. The molecule has 2 heteroatoms. The number of hydrogen-bond donors (Lipinski definition) is 1. The van der Waals surface area contributed by atoms with Gasteiger partial charge in [-0.15, -0.1) is 0 Å². The Morgan fingerprint density at radius 3 is 2.33 bits per heavy atom. The molecule has 0 aromatic rings. The summed E-state index contributed by atoms with van der Waals surface area (Å²) >= 11 is 0. The fourth-order valence-corrected chi connectivity index (χ4v) is 3.76. The zero-order valence-corrected chi connectivity index (χ0v) is 12.3. The summed E-state index contributed by atoms with van der Waals surface area (Å²) in [4.78, 5) is 0. The maximum atomic E-state index is 6.43. The highest BCUT2D eigenvalue weighted by Crippen LogP contribution is 2.32. The number of rotatable bonds is 5. The van der Waals surface area contributed by atoms with Crippen LogP contribution < -0.4 is 5.32 Å². The van der Waals surface area contributed by atoms with Gasteiger partial charge in [-0.05, 0) is 51.0 Å². The lowest BCUT2D eigenvalue weighted by molar-refractivity contribution is -0.0753. The summed E-state index contributed by atoms with van der Waals surface area (Å²) < 4.78 is 6.43. The third-order valence-corrected chi connectivity index (χ3v) is 4.90. The lowest BCUT2D eigenvalue weighted by Crippen LogP contribution is -2.38. The van der Waals surface area contributed by atoms with Crippen LogP contribution in [0.3, 0.4) is 0 Å². The maximum absolute atomic E-state index is 6.43. The fraction of sp³-hybridized carbons (Fsp3) is 1.00. The Bertz CT molecular complexity index is 223. The zero-order valence-electron chi connectivity index (χ0n) is 12.3. The second-order valence-corrected chi connectivity index (χ2v) is 6.16. The van der Waals surface area contributed by atoms with Crippen molar-refractivity contribution in [2.24, 2.45) is 5.92 Å². The summed E-state index contributed by atoms with van der Waals surface area (Å²) in [5.41, 5.74) is 0. The van der Waals surface area contributed by atoms with Crippen LogP contribution in [0.5, 0.6) is 0 Å². The minimum atomic E-state index is 0.553. The third kappa shape index (κ3) is 3.96.